The van der Waals surface area contributed by atoms with Crippen molar-refractivity contribution in [2.24, 2.45) is 0 Å². The molecule has 1 saturated heterocycles. The molecule has 1 aliphatic heterocycles. The zero-order valence-corrected chi connectivity index (χ0v) is 11.3. The van der Waals surface area contributed by atoms with Crippen molar-refractivity contribution < 1.29 is 8.95 Å². The Kier molecular flexibility index (Phi) is 3.64. The molecule has 2 atom stereocenters. The Morgan fingerprint density at radius 1 is 1.61 bits per heavy atom. The first-order valence-electron chi connectivity index (χ1n) is 5.75. The summed E-state index contributed by atoms with van der Waals surface area (Å²) >= 11 is 1.40. The lowest BCUT2D eigenvalue weighted by atomic mass is 10.3. The van der Waals surface area contributed by atoms with E-state index in [9.17, 15) is 4.21 Å². The molecular formula is C11H13N3O2S2. The van der Waals surface area contributed by atoms with Gasteiger partial charge in [-0.25, -0.2) is 9.97 Å². The van der Waals surface area contributed by atoms with Crippen LogP contribution in [0.15, 0.2) is 22.7 Å². The fourth-order valence-corrected chi connectivity index (χ4v) is 4.16. The molecule has 2 aromatic heterocycles. The van der Waals surface area contributed by atoms with Gasteiger partial charge in [0.15, 0.2) is 4.34 Å². The van der Waals surface area contributed by atoms with Crippen LogP contribution < -0.4 is 5.32 Å². The Morgan fingerprint density at radius 3 is 3.33 bits per heavy atom. The second kappa shape index (κ2) is 5.40. The van der Waals surface area contributed by atoms with Gasteiger partial charge in [-0.05, 0) is 12.1 Å². The average Bonchev–Trinajstić information content (AvgIpc) is 2.84. The SMILES string of the molecule is O=S(CC1CNCCO1)c1nc2cccnc2s1. The Morgan fingerprint density at radius 2 is 2.56 bits per heavy atom. The van der Waals surface area contributed by atoms with Crippen molar-refractivity contribution in [3.8, 4) is 0 Å². The van der Waals surface area contributed by atoms with E-state index < -0.39 is 10.8 Å². The monoisotopic (exact) mass is 283 g/mol. The highest BCUT2D eigenvalue weighted by Gasteiger charge is 2.19. The van der Waals surface area contributed by atoms with Gasteiger partial charge in [0.1, 0.15) is 10.3 Å². The van der Waals surface area contributed by atoms with Gasteiger partial charge in [-0.1, -0.05) is 11.3 Å². The van der Waals surface area contributed by atoms with E-state index in [0.717, 1.165) is 23.4 Å². The lowest BCUT2D eigenvalue weighted by molar-refractivity contribution is 0.0435. The first-order valence-corrected chi connectivity index (χ1v) is 7.89. The fourth-order valence-electron chi connectivity index (χ4n) is 1.81. The second-order valence-electron chi connectivity index (χ2n) is 4.02. The van der Waals surface area contributed by atoms with Crippen LogP contribution in [0.1, 0.15) is 0 Å². The van der Waals surface area contributed by atoms with Crippen molar-refractivity contribution in [3.63, 3.8) is 0 Å². The molecule has 0 aromatic carbocycles. The summed E-state index contributed by atoms with van der Waals surface area (Å²) in [5.74, 6) is 0.493. The summed E-state index contributed by atoms with van der Waals surface area (Å²) in [6, 6.07) is 3.72. The molecule has 0 radical (unpaired) electrons. The van der Waals surface area contributed by atoms with Crippen LogP contribution in [0.3, 0.4) is 0 Å². The van der Waals surface area contributed by atoms with Crippen LogP contribution in [-0.4, -0.2) is 45.7 Å². The topological polar surface area (TPSA) is 64.1 Å². The molecule has 5 nitrogen and oxygen atoms in total. The lowest BCUT2D eigenvalue weighted by Gasteiger charge is -2.22. The van der Waals surface area contributed by atoms with Crippen LogP contribution >= 0.6 is 11.3 Å². The van der Waals surface area contributed by atoms with Gasteiger partial charge in [-0.3, -0.25) is 4.21 Å². The molecule has 96 valence electrons. The summed E-state index contributed by atoms with van der Waals surface area (Å²) in [6.07, 6.45) is 1.74. The lowest BCUT2D eigenvalue weighted by Crippen LogP contribution is -2.41. The molecule has 1 N–H and O–H groups in total. The molecule has 3 heterocycles. The molecule has 0 bridgehead atoms. The summed E-state index contributed by atoms with van der Waals surface area (Å²) in [4.78, 5) is 9.40. The van der Waals surface area contributed by atoms with E-state index in [4.69, 9.17) is 4.74 Å². The van der Waals surface area contributed by atoms with Crippen LogP contribution in [0, 0.1) is 0 Å². The van der Waals surface area contributed by atoms with E-state index in [1.54, 1.807) is 6.20 Å². The number of hydrogen-bond donors (Lipinski definition) is 1. The molecule has 1 fully saturated rings. The number of ether oxygens (including phenoxy) is 1. The van der Waals surface area contributed by atoms with Crippen molar-refractivity contribution >= 4 is 32.5 Å². The maximum Gasteiger partial charge on any atom is 0.183 e. The fraction of sp³-hybridized carbons (Fsp3) is 0.455. The molecule has 0 aliphatic carbocycles. The summed E-state index contributed by atoms with van der Waals surface area (Å²) in [5, 5.41) is 3.23. The van der Waals surface area contributed by atoms with Crippen molar-refractivity contribution in [1.82, 2.24) is 15.3 Å². The Balaban J connectivity index is 1.74. The molecule has 3 rings (SSSR count). The van der Waals surface area contributed by atoms with Gasteiger partial charge in [-0.15, -0.1) is 0 Å². The number of hydrogen-bond acceptors (Lipinski definition) is 6. The number of thiazole rings is 1. The third-order valence-corrected chi connectivity index (χ3v) is 5.42. The smallest absolute Gasteiger partial charge is 0.183 e. The minimum atomic E-state index is -1.11. The van der Waals surface area contributed by atoms with Gasteiger partial charge in [0.05, 0.1) is 29.3 Å². The van der Waals surface area contributed by atoms with Gasteiger partial charge in [-0.2, -0.15) is 0 Å². The van der Waals surface area contributed by atoms with Gasteiger partial charge in [0.2, 0.25) is 0 Å². The van der Waals surface area contributed by atoms with E-state index >= 15 is 0 Å². The largest absolute Gasteiger partial charge is 0.375 e. The third-order valence-electron chi connectivity index (χ3n) is 2.68. The number of nitrogens with zero attached hydrogens (tertiary/aromatic N) is 2. The minimum absolute atomic E-state index is 0.0135. The number of nitrogens with one attached hydrogen (secondary N) is 1. The van der Waals surface area contributed by atoms with Crippen molar-refractivity contribution in [2.45, 2.75) is 10.4 Å². The maximum absolute atomic E-state index is 12.2. The zero-order chi connectivity index (χ0) is 12.4. The van der Waals surface area contributed by atoms with Crippen LogP contribution in [0.25, 0.3) is 10.3 Å². The predicted octanol–water partition coefficient (Wildman–Crippen LogP) is 0.787. The summed E-state index contributed by atoms with van der Waals surface area (Å²) < 4.78 is 18.4. The third kappa shape index (κ3) is 2.59. The molecule has 0 saturated carbocycles. The predicted molar refractivity (Wildman–Crippen MR) is 71.3 cm³/mol. The molecule has 2 aromatic rings. The number of aromatic nitrogens is 2. The average molecular weight is 283 g/mol. The second-order valence-corrected chi connectivity index (χ2v) is 6.66. The Hall–Kier alpha value is -0.890. The highest BCUT2D eigenvalue weighted by Crippen LogP contribution is 2.22. The van der Waals surface area contributed by atoms with E-state index in [-0.39, 0.29) is 6.10 Å². The molecule has 2 unspecified atom stereocenters. The molecule has 7 heteroatoms. The van der Waals surface area contributed by atoms with Crippen LogP contribution in [-0.2, 0) is 15.5 Å². The maximum atomic E-state index is 12.2. The summed E-state index contributed by atoms with van der Waals surface area (Å²) in [5.41, 5.74) is 0.813. The van der Waals surface area contributed by atoms with E-state index in [1.807, 2.05) is 12.1 Å². The number of morpholine rings is 1. The van der Waals surface area contributed by atoms with Gasteiger partial charge in [0.25, 0.3) is 0 Å². The van der Waals surface area contributed by atoms with Crippen LogP contribution in [0.2, 0.25) is 0 Å². The first kappa shape index (κ1) is 12.2. The van der Waals surface area contributed by atoms with E-state index in [2.05, 4.69) is 15.3 Å². The van der Waals surface area contributed by atoms with E-state index in [0.29, 0.717) is 16.7 Å². The van der Waals surface area contributed by atoms with Crippen molar-refractivity contribution in [3.05, 3.63) is 18.3 Å². The highest BCUT2D eigenvalue weighted by atomic mass is 32.2. The zero-order valence-electron chi connectivity index (χ0n) is 9.67. The normalized spacial score (nSPS) is 22.1. The van der Waals surface area contributed by atoms with Crippen molar-refractivity contribution in [1.29, 1.82) is 0 Å². The number of fused-ring (bicyclic) bond motifs is 1. The molecule has 0 spiro atoms. The molecule has 0 amide bonds. The molecular weight excluding hydrogens is 270 g/mol. The quantitative estimate of drug-likeness (QED) is 0.902. The summed E-state index contributed by atoms with van der Waals surface area (Å²) in [7, 11) is -1.11. The van der Waals surface area contributed by atoms with Gasteiger partial charge in [0, 0.05) is 19.3 Å². The highest BCUT2D eigenvalue weighted by molar-refractivity contribution is 7.87. The molecule has 1 aliphatic rings. The minimum Gasteiger partial charge on any atom is -0.375 e. The van der Waals surface area contributed by atoms with Crippen LogP contribution in [0.5, 0.6) is 0 Å². The van der Waals surface area contributed by atoms with Crippen molar-refractivity contribution in [2.75, 3.05) is 25.4 Å². The van der Waals surface area contributed by atoms with E-state index in [1.165, 1.54) is 11.3 Å². The van der Waals surface area contributed by atoms with Gasteiger partial charge >= 0.3 is 0 Å². The Bertz CT molecular complexity index is 533. The standard InChI is InChI=1S/C11H13N3O2S2/c15-18(7-8-6-12-4-5-16-8)11-14-9-2-1-3-13-10(9)17-11/h1-3,8,12H,4-7H2. The molecule has 18 heavy (non-hydrogen) atoms. The summed E-state index contributed by atoms with van der Waals surface area (Å²) in [6.45, 7) is 2.31. The first-order chi connectivity index (χ1) is 8.83. The van der Waals surface area contributed by atoms with Crippen LogP contribution in [0.4, 0.5) is 0 Å². The Labute approximate surface area is 111 Å². The number of rotatable bonds is 3. The van der Waals surface area contributed by atoms with Gasteiger partial charge < -0.3 is 10.1 Å². The number of pyridine rings is 1.